The van der Waals surface area contributed by atoms with E-state index in [2.05, 4.69) is 27.2 Å². The zero-order valence-electron chi connectivity index (χ0n) is 19.3. The van der Waals surface area contributed by atoms with Crippen LogP contribution in [0.1, 0.15) is 24.0 Å². The van der Waals surface area contributed by atoms with E-state index in [1.54, 1.807) is 0 Å². The number of carboxylic acid groups (broad SMARTS) is 2. The molecule has 8 nitrogen and oxygen atoms in total. The fraction of sp³-hybridized carbons (Fsp3) is 0.333. The number of benzene rings is 1. The number of thioether (sulfide) groups is 1. The van der Waals surface area contributed by atoms with Gasteiger partial charge in [-0.05, 0) is 61.3 Å². The summed E-state index contributed by atoms with van der Waals surface area (Å²) in [6.45, 7) is 2.38. The number of likely N-dealkylation sites (tertiary alicyclic amines) is 1. The minimum absolute atomic E-state index is 0.130. The van der Waals surface area contributed by atoms with E-state index in [1.165, 1.54) is 6.07 Å². The van der Waals surface area contributed by atoms with Crippen molar-refractivity contribution in [1.82, 2.24) is 10.2 Å². The zero-order valence-corrected chi connectivity index (χ0v) is 20.9. The molecular formula is C24H23ClF3N3O5S. The maximum absolute atomic E-state index is 12.8. The Morgan fingerprint density at radius 1 is 1.24 bits per heavy atom. The second-order valence-electron chi connectivity index (χ2n) is 7.84. The number of rotatable bonds is 6. The van der Waals surface area contributed by atoms with E-state index in [0.29, 0.717) is 42.6 Å². The standard InChI is InChI=1S/C20H19ClF3N3OS.C4H4O4/c1-2-7-25-18-17(29-19(28)26-18)10-13-5-8-27(9-6-13)12-14-3-4-15(11-16(14)21)20(22,23)24;5-3(6)1-2-4(7)8/h1,3-4,10-11,13H,5-9,12H2,(H,25,26,28);1-2H,(H,5,6)(H,7,8)/b17-10-;2-1+. The monoisotopic (exact) mass is 557 g/mol. The largest absolute Gasteiger partial charge is 0.478 e. The summed E-state index contributed by atoms with van der Waals surface area (Å²) in [7, 11) is 0. The molecule has 1 aromatic carbocycles. The molecule has 2 aliphatic rings. The number of allylic oxidation sites excluding steroid dienone is 1. The van der Waals surface area contributed by atoms with E-state index in [9.17, 15) is 27.6 Å². The normalized spacial score (nSPS) is 17.8. The van der Waals surface area contributed by atoms with Crippen molar-refractivity contribution in [1.29, 1.82) is 0 Å². The third kappa shape index (κ3) is 10.3. The molecule has 0 saturated carbocycles. The summed E-state index contributed by atoms with van der Waals surface area (Å²) in [6, 6.07) is 3.49. The molecule has 3 N–H and O–H groups in total. The second kappa shape index (κ2) is 13.9. The van der Waals surface area contributed by atoms with Crippen LogP contribution in [-0.4, -0.2) is 57.8 Å². The number of piperidine rings is 1. The first kappa shape index (κ1) is 30.0. The molecule has 2 heterocycles. The van der Waals surface area contributed by atoms with Gasteiger partial charge >= 0.3 is 23.4 Å². The van der Waals surface area contributed by atoms with Crippen molar-refractivity contribution in [3.63, 3.8) is 0 Å². The van der Waals surface area contributed by atoms with E-state index in [4.69, 9.17) is 28.2 Å². The number of amidine groups is 1. The Labute approximate surface area is 220 Å². The summed E-state index contributed by atoms with van der Waals surface area (Å²) in [6.07, 6.45) is 5.76. The topological polar surface area (TPSA) is 119 Å². The number of carbonyl (C=O) groups is 3. The van der Waals surface area contributed by atoms with Crippen LogP contribution in [-0.2, 0) is 22.3 Å². The van der Waals surface area contributed by atoms with Crippen molar-refractivity contribution in [2.75, 3.05) is 19.6 Å². The number of nitrogens with zero attached hydrogens (tertiary/aromatic N) is 2. The maximum Gasteiger partial charge on any atom is 0.416 e. The summed E-state index contributed by atoms with van der Waals surface area (Å²) in [5.41, 5.74) is -0.0579. The van der Waals surface area contributed by atoms with Crippen molar-refractivity contribution in [3.8, 4) is 12.3 Å². The molecule has 0 aliphatic carbocycles. The lowest BCUT2D eigenvalue weighted by Crippen LogP contribution is -2.33. The highest BCUT2D eigenvalue weighted by atomic mass is 35.5. The van der Waals surface area contributed by atoms with Crippen molar-refractivity contribution < 1.29 is 37.8 Å². The number of aliphatic carboxylic acids is 2. The van der Waals surface area contributed by atoms with E-state index in [-0.39, 0.29) is 10.3 Å². The second-order valence-corrected chi connectivity index (χ2v) is 9.24. The molecule has 0 spiro atoms. The van der Waals surface area contributed by atoms with E-state index in [0.717, 1.165) is 54.7 Å². The molecule has 1 aromatic rings. The quantitative estimate of drug-likeness (QED) is 0.341. The molecule has 0 bridgehead atoms. The van der Waals surface area contributed by atoms with Crippen LogP contribution in [0.15, 0.2) is 46.3 Å². The lowest BCUT2D eigenvalue weighted by Gasteiger charge is -2.31. The first-order valence-corrected chi connectivity index (χ1v) is 12.0. The predicted octanol–water partition coefficient (Wildman–Crippen LogP) is 4.65. The van der Waals surface area contributed by atoms with Crippen LogP contribution in [0.3, 0.4) is 0 Å². The average molecular weight is 558 g/mol. The molecule has 37 heavy (non-hydrogen) atoms. The van der Waals surface area contributed by atoms with Gasteiger partial charge in [0.1, 0.15) is 5.84 Å². The molecule has 13 heteroatoms. The highest BCUT2D eigenvalue weighted by Crippen LogP contribution is 2.33. The smallest absolute Gasteiger partial charge is 0.416 e. The summed E-state index contributed by atoms with van der Waals surface area (Å²) in [4.78, 5) is 37.6. The van der Waals surface area contributed by atoms with Crippen LogP contribution in [0.5, 0.6) is 0 Å². The van der Waals surface area contributed by atoms with Gasteiger partial charge in [0.05, 0.1) is 17.0 Å². The predicted molar refractivity (Wildman–Crippen MR) is 134 cm³/mol. The van der Waals surface area contributed by atoms with Crippen LogP contribution in [0.4, 0.5) is 18.0 Å². The molecule has 0 aromatic heterocycles. The van der Waals surface area contributed by atoms with Crippen molar-refractivity contribution >= 4 is 46.4 Å². The summed E-state index contributed by atoms with van der Waals surface area (Å²) in [5.74, 6) is 0.762. The zero-order chi connectivity index (χ0) is 27.6. The van der Waals surface area contributed by atoms with Gasteiger partial charge in [0, 0.05) is 23.7 Å². The van der Waals surface area contributed by atoms with Crippen LogP contribution in [0, 0.1) is 18.3 Å². The Kier molecular flexibility index (Phi) is 11.2. The number of aliphatic imine (C=N–C) groups is 1. The first-order chi connectivity index (χ1) is 17.4. The fourth-order valence-corrected chi connectivity index (χ4v) is 4.45. The minimum atomic E-state index is -4.40. The van der Waals surface area contributed by atoms with Crippen molar-refractivity contribution in [2.24, 2.45) is 10.9 Å². The van der Waals surface area contributed by atoms with Gasteiger partial charge in [0.2, 0.25) is 0 Å². The Morgan fingerprint density at radius 2 is 1.86 bits per heavy atom. The van der Waals surface area contributed by atoms with E-state index >= 15 is 0 Å². The average Bonchev–Trinajstić information content (AvgIpc) is 3.17. The number of halogens is 4. The number of carbonyl (C=O) groups excluding carboxylic acids is 1. The molecule has 0 radical (unpaired) electrons. The molecule has 1 fully saturated rings. The minimum Gasteiger partial charge on any atom is -0.478 e. The van der Waals surface area contributed by atoms with Crippen LogP contribution in [0.25, 0.3) is 0 Å². The maximum atomic E-state index is 12.8. The number of carboxylic acids is 2. The van der Waals surface area contributed by atoms with Gasteiger partial charge in [0.25, 0.3) is 0 Å². The highest BCUT2D eigenvalue weighted by molar-refractivity contribution is 8.18. The Balaban J connectivity index is 0.000000521. The van der Waals surface area contributed by atoms with Gasteiger partial charge in [-0.2, -0.15) is 18.2 Å². The number of hydrogen-bond acceptors (Lipinski definition) is 6. The number of terminal acetylenes is 1. The number of amides is 1. The fourth-order valence-electron chi connectivity index (χ4n) is 3.41. The Morgan fingerprint density at radius 3 is 2.38 bits per heavy atom. The lowest BCUT2D eigenvalue weighted by molar-refractivity contribution is -0.137. The van der Waals surface area contributed by atoms with Crippen LogP contribution in [0.2, 0.25) is 5.02 Å². The summed E-state index contributed by atoms with van der Waals surface area (Å²) in [5, 5.41) is 18.5. The van der Waals surface area contributed by atoms with Gasteiger partial charge in [-0.25, -0.2) is 9.59 Å². The summed E-state index contributed by atoms with van der Waals surface area (Å²) < 4.78 is 38.3. The van der Waals surface area contributed by atoms with Crippen LogP contribution >= 0.6 is 23.4 Å². The SMILES string of the molecule is C#CCNC1=NC(=O)S/C1=C\C1CCN(Cc2ccc(C(F)(F)F)cc2Cl)CC1.O=C(O)/C=C/C(=O)O. The highest BCUT2D eigenvalue weighted by Gasteiger charge is 2.31. The third-order valence-corrected chi connectivity index (χ3v) is 6.32. The molecule has 198 valence electrons. The van der Waals surface area contributed by atoms with E-state index < -0.39 is 23.7 Å². The van der Waals surface area contributed by atoms with Gasteiger partial charge in [-0.3, -0.25) is 9.69 Å². The molecule has 1 amide bonds. The molecule has 3 rings (SSSR count). The van der Waals surface area contributed by atoms with Gasteiger partial charge in [-0.1, -0.05) is 29.7 Å². The number of nitrogens with one attached hydrogen (secondary N) is 1. The molecule has 0 atom stereocenters. The molecular weight excluding hydrogens is 535 g/mol. The lowest BCUT2D eigenvalue weighted by atomic mass is 9.95. The third-order valence-electron chi connectivity index (χ3n) is 5.15. The Bertz CT molecular complexity index is 1140. The van der Waals surface area contributed by atoms with E-state index in [1.807, 2.05) is 0 Å². The summed E-state index contributed by atoms with van der Waals surface area (Å²) >= 11 is 7.15. The molecule has 0 unspecified atom stereocenters. The van der Waals surface area contributed by atoms with Crippen molar-refractivity contribution in [2.45, 2.75) is 25.6 Å². The van der Waals surface area contributed by atoms with Gasteiger partial charge in [0.15, 0.2) is 0 Å². The molecule has 2 aliphatic heterocycles. The van der Waals surface area contributed by atoms with Crippen molar-refractivity contribution in [3.05, 3.63) is 57.5 Å². The molecule has 1 saturated heterocycles. The van der Waals surface area contributed by atoms with Crippen LogP contribution < -0.4 is 5.32 Å². The van der Waals surface area contributed by atoms with Gasteiger partial charge < -0.3 is 15.5 Å². The number of hydrogen-bond donors (Lipinski definition) is 3. The number of alkyl halides is 3. The Hall–Kier alpha value is -3.27. The first-order valence-electron chi connectivity index (χ1n) is 10.8. The van der Waals surface area contributed by atoms with Gasteiger partial charge in [-0.15, -0.1) is 6.42 Å².